The van der Waals surface area contributed by atoms with E-state index in [1.165, 1.54) is 0 Å². The number of pyridine rings is 2. The number of rotatable bonds is 5. The van der Waals surface area contributed by atoms with Crippen LogP contribution in [0.2, 0.25) is 0 Å². The Morgan fingerprint density at radius 1 is 1.34 bits per heavy atom. The van der Waals surface area contributed by atoms with Crippen molar-refractivity contribution in [3.05, 3.63) is 42.2 Å². The number of nitrogens with zero attached hydrogens (tertiary/aromatic N) is 5. The number of fused-ring (bicyclic) bond motifs is 1. The summed E-state index contributed by atoms with van der Waals surface area (Å²) in [7, 11) is 1.68. The first-order valence-electron chi connectivity index (χ1n) is 9.70. The summed E-state index contributed by atoms with van der Waals surface area (Å²) >= 11 is 0. The number of ether oxygens (including phenoxy) is 2. The molecule has 0 aromatic carbocycles. The SMILES string of the molecule is CCOc1ccc2c(C#N)c(-c3cccnc3N3CCC(N)C(OC)C3)nn2c1. The highest BCUT2D eigenvalue weighted by Crippen LogP contribution is 2.34. The number of methoxy groups -OCH3 is 1. The van der Waals surface area contributed by atoms with Crippen LogP contribution in [0.4, 0.5) is 5.82 Å². The highest BCUT2D eigenvalue weighted by Gasteiger charge is 2.29. The van der Waals surface area contributed by atoms with Gasteiger partial charge in [-0.05, 0) is 37.6 Å². The maximum absolute atomic E-state index is 9.85. The fourth-order valence-electron chi connectivity index (χ4n) is 3.79. The van der Waals surface area contributed by atoms with Crippen LogP contribution < -0.4 is 15.4 Å². The number of aromatic nitrogens is 3. The van der Waals surface area contributed by atoms with E-state index < -0.39 is 0 Å². The van der Waals surface area contributed by atoms with Crippen molar-refractivity contribution in [3.63, 3.8) is 0 Å². The van der Waals surface area contributed by atoms with Gasteiger partial charge in [0, 0.05) is 38.0 Å². The van der Waals surface area contributed by atoms with Gasteiger partial charge in [0.05, 0.1) is 24.4 Å². The molecule has 0 amide bonds. The van der Waals surface area contributed by atoms with E-state index in [-0.39, 0.29) is 12.1 Å². The van der Waals surface area contributed by atoms with Crippen LogP contribution in [0, 0.1) is 11.3 Å². The second-order valence-electron chi connectivity index (χ2n) is 7.01. The van der Waals surface area contributed by atoms with E-state index in [1.807, 2.05) is 31.2 Å². The molecule has 29 heavy (non-hydrogen) atoms. The Balaban J connectivity index is 1.80. The molecule has 4 heterocycles. The topological polar surface area (TPSA) is 102 Å². The molecule has 0 spiro atoms. The van der Waals surface area contributed by atoms with Crippen molar-refractivity contribution in [3.8, 4) is 23.1 Å². The highest BCUT2D eigenvalue weighted by atomic mass is 16.5. The van der Waals surface area contributed by atoms with Gasteiger partial charge in [-0.15, -0.1) is 0 Å². The molecule has 3 aromatic rings. The lowest BCUT2D eigenvalue weighted by molar-refractivity contribution is 0.0728. The molecule has 8 nitrogen and oxygen atoms in total. The molecule has 2 atom stereocenters. The van der Waals surface area contributed by atoms with Gasteiger partial charge in [0.2, 0.25) is 0 Å². The number of anilines is 1. The van der Waals surface area contributed by atoms with Gasteiger partial charge in [0.1, 0.15) is 28.9 Å². The summed E-state index contributed by atoms with van der Waals surface area (Å²) in [5.74, 6) is 1.49. The van der Waals surface area contributed by atoms with Crippen molar-refractivity contribution in [1.29, 1.82) is 5.26 Å². The molecule has 1 aliphatic rings. The first kappa shape index (κ1) is 19.2. The van der Waals surface area contributed by atoms with E-state index in [1.54, 1.807) is 24.0 Å². The number of nitriles is 1. The largest absolute Gasteiger partial charge is 0.492 e. The van der Waals surface area contributed by atoms with Gasteiger partial charge in [-0.3, -0.25) is 0 Å². The molecule has 1 aliphatic heterocycles. The zero-order valence-electron chi connectivity index (χ0n) is 16.6. The molecule has 8 heteroatoms. The maximum Gasteiger partial charge on any atom is 0.138 e. The lowest BCUT2D eigenvalue weighted by Gasteiger charge is -2.37. The van der Waals surface area contributed by atoms with Gasteiger partial charge in [0.25, 0.3) is 0 Å². The molecule has 4 rings (SSSR count). The molecule has 0 saturated carbocycles. The first-order valence-corrected chi connectivity index (χ1v) is 9.70. The summed E-state index contributed by atoms with van der Waals surface area (Å²) < 4.78 is 12.8. The molecule has 1 fully saturated rings. The van der Waals surface area contributed by atoms with Gasteiger partial charge >= 0.3 is 0 Å². The zero-order chi connectivity index (χ0) is 20.4. The van der Waals surface area contributed by atoms with Gasteiger partial charge in [-0.1, -0.05) is 0 Å². The minimum absolute atomic E-state index is 0.00487. The fraction of sp³-hybridized carbons (Fsp3) is 0.381. The van der Waals surface area contributed by atoms with Crippen LogP contribution in [0.1, 0.15) is 18.9 Å². The quantitative estimate of drug-likeness (QED) is 0.710. The highest BCUT2D eigenvalue weighted by molar-refractivity contribution is 5.83. The normalized spacial score (nSPS) is 19.3. The van der Waals surface area contributed by atoms with Crippen LogP contribution in [0.5, 0.6) is 5.75 Å². The van der Waals surface area contributed by atoms with Crippen LogP contribution in [0.25, 0.3) is 16.8 Å². The zero-order valence-corrected chi connectivity index (χ0v) is 16.6. The molecule has 0 radical (unpaired) electrons. The Morgan fingerprint density at radius 3 is 2.97 bits per heavy atom. The molecule has 0 bridgehead atoms. The maximum atomic E-state index is 9.85. The number of nitrogens with two attached hydrogens (primary N) is 1. The molecular weight excluding hydrogens is 368 g/mol. The molecule has 0 aliphatic carbocycles. The van der Waals surface area contributed by atoms with Crippen LogP contribution in [0.15, 0.2) is 36.7 Å². The van der Waals surface area contributed by atoms with E-state index in [0.717, 1.165) is 29.9 Å². The van der Waals surface area contributed by atoms with E-state index in [0.29, 0.717) is 30.2 Å². The Hall–Kier alpha value is -3.15. The minimum atomic E-state index is -0.0659. The fourth-order valence-corrected chi connectivity index (χ4v) is 3.79. The summed E-state index contributed by atoms with van der Waals surface area (Å²) in [6.07, 6.45) is 4.29. The monoisotopic (exact) mass is 392 g/mol. The van der Waals surface area contributed by atoms with Crippen LogP contribution in [0.3, 0.4) is 0 Å². The molecular formula is C21H24N6O2. The minimum Gasteiger partial charge on any atom is -0.492 e. The summed E-state index contributed by atoms with van der Waals surface area (Å²) in [6.45, 7) is 3.91. The lowest BCUT2D eigenvalue weighted by atomic mass is 10.0. The van der Waals surface area contributed by atoms with Crippen molar-refractivity contribution in [1.82, 2.24) is 14.6 Å². The van der Waals surface area contributed by atoms with Crippen LogP contribution in [-0.4, -0.2) is 53.6 Å². The van der Waals surface area contributed by atoms with Gasteiger partial charge < -0.3 is 20.1 Å². The van der Waals surface area contributed by atoms with Crippen molar-refractivity contribution in [2.45, 2.75) is 25.5 Å². The van der Waals surface area contributed by atoms with E-state index in [4.69, 9.17) is 20.3 Å². The summed E-state index contributed by atoms with van der Waals surface area (Å²) in [5, 5.41) is 14.5. The molecule has 2 N–H and O–H groups in total. The second-order valence-corrected chi connectivity index (χ2v) is 7.01. The van der Waals surface area contributed by atoms with Crippen molar-refractivity contribution < 1.29 is 9.47 Å². The van der Waals surface area contributed by atoms with E-state index in [2.05, 4.69) is 16.0 Å². The smallest absolute Gasteiger partial charge is 0.138 e. The van der Waals surface area contributed by atoms with E-state index >= 15 is 0 Å². The van der Waals surface area contributed by atoms with Gasteiger partial charge in [0.15, 0.2) is 0 Å². The lowest BCUT2D eigenvalue weighted by Crippen LogP contribution is -2.51. The van der Waals surface area contributed by atoms with Gasteiger partial charge in [-0.25, -0.2) is 9.50 Å². The summed E-state index contributed by atoms with van der Waals surface area (Å²) in [6, 6.07) is 9.83. The third kappa shape index (κ3) is 3.50. The summed E-state index contributed by atoms with van der Waals surface area (Å²) in [4.78, 5) is 6.77. The van der Waals surface area contributed by atoms with Gasteiger partial charge in [-0.2, -0.15) is 10.4 Å². The third-order valence-corrected chi connectivity index (χ3v) is 5.28. The molecule has 2 unspecified atom stereocenters. The second kappa shape index (κ2) is 8.07. The third-order valence-electron chi connectivity index (χ3n) is 5.28. The van der Waals surface area contributed by atoms with Crippen molar-refractivity contribution in [2.75, 3.05) is 31.7 Å². The average Bonchev–Trinajstić information content (AvgIpc) is 3.12. The first-order chi connectivity index (χ1) is 14.2. The van der Waals surface area contributed by atoms with Crippen molar-refractivity contribution >= 4 is 11.3 Å². The predicted molar refractivity (Wildman–Crippen MR) is 110 cm³/mol. The Morgan fingerprint density at radius 2 is 2.21 bits per heavy atom. The van der Waals surface area contributed by atoms with Crippen molar-refractivity contribution in [2.24, 2.45) is 5.73 Å². The van der Waals surface area contributed by atoms with Crippen LogP contribution >= 0.6 is 0 Å². The number of hydrogen-bond acceptors (Lipinski definition) is 7. The Bertz CT molecular complexity index is 1060. The Labute approximate surface area is 169 Å². The van der Waals surface area contributed by atoms with Crippen LogP contribution in [-0.2, 0) is 4.74 Å². The predicted octanol–water partition coefficient (Wildman–Crippen LogP) is 2.22. The number of piperidine rings is 1. The van der Waals surface area contributed by atoms with E-state index in [9.17, 15) is 5.26 Å². The molecule has 150 valence electrons. The average molecular weight is 392 g/mol. The number of hydrogen-bond donors (Lipinski definition) is 1. The molecule has 3 aromatic heterocycles. The molecule has 1 saturated heterocycles. The Kier molecular flexibility index (Phi) is 5.34. The standard InChI is InChI=1S/C21H24N6O2/c1-3-29-14-6-7-18-16(11-22)20(25-27(18)12-14)15-5-4-9-24-21(15)26-10-8-17(23)19(13-26)28-2/h4-7,9,12,17,19H,3,8,10,13,23H2,1-2H3. The summed E-state index contributed by atoms with van der Waals surface area (Å²) in [5.41, 5.74) is 8.84.